The smallest absolute Gasteiger partial charge is 0.237 e. The zero-order valence-corrected chi connectivity index (χ0v) is 11.3. The van der Waals surface area contributed by atoms with Gasteiger partial charge in [0.1, 0.15) is 0 Å². The molecule has 0 radical (unpaired) electrons. The lowest BCUT2D eigenvalue weighted by molar-refractivity contribution is -0.115. The SMILES string of the molecule is CC(Sc1ccccc1Cl)C(=O)Nc1cn[nH]c1. The Balaban J connectivity index is 1.97. The number of hydrogen-bond donors (Lipinski definition) is 2. The van der Waals surface area contributed by atoms with Crippen molar-refractivity contribution >= 4 is 35.0 Å². The Morgan fingerprint density at radius 2 is 2.28 bits per heavy atom. The quantitative estimate of drug-likeness (QED) is 0.846. The molecular weight excluding hydrogens is 270 g/mol. The summed E-state index contributed by atoms with van der Waals surface area (Å²) in [5, 5.41) is 9.59. The second-order valence-corrected chi connectivity index (χ2v) is 5.46. The minimum Gasteiger partial charge on any atom is -0.322 e. The van der Waals surface area contributed by atoms with Crippen LogP contribution in [0.5, 0.6) is 0 Å². The molecule has 1 atom stereocenters. The molecule has 1 heterocycles. The summed E-state index contributed by atoms with van der Waals surface area (Å²) in [5.41, 5.74) is 0.659. The fraction of sp³-hybridized carbons (Fsp3) is 0.167. The Bertz CT molecular complexity index is 530. The molecule has 18 heavy (non-hydrogen) atoms. The highest BCUT2D eigenvalue weighted by molar-refractivity contribution is 8.00. The molecule has 0 aliphatic heterocycles. The lowest BCUT2D eigenvalue weighted by atomic mass is 10.4. The van der Waals surface area contributed by atoms with E-state index >= 15 is 0 Å². The second kappa shape index (κ2) is 5.93. The zero-order valence-electron chi connectivity index (χ0n) is 9.68. The number of aromatic amines is 1. The summed E-state index contributed by atoms with van der Waals surface area (Å²) in [6.45, 7) is 1.84. The Labute approximate surface area is 114 Å². The van der Waals surface area contributed by atoms with E-state index in [0.29, 0.717) is 10.7 Å². The van der Waals surface area contributed by atoms with Crippen LogP contribution in [0.15, 0.2) is 41.6 Å². The van der Waals surface area contributed by atoms with Crippen molar-refractivity contribution < 1.29 is 4.79 Å². The predicted octanol–water partition coefficient (Wildman–Crippen LogP) is 3.18. The van der Waals surface area contributed by atoms with Crippen molar-refractivity contribution in [2.24, 2.45) is 0 Å². The molecule has 6 heteroatoms. The number of benzene rings is 1. The lowest BCUT2D eigenvalue weighted by Gasteiger charge is -2.11. The van der Waals surface area contributed by atoms with E-state index in [2.05, 4.69) is 15.5 Å². The first kappa shape index (κ1) is 13.0. The number of halogens is 1. The highest BCUT2D eigenvalue weighted by Crippen LogP contribution is 2.30. The van der Waals surface area contributed by atoms with Crippen LogP contribution in [-0.2, 0) is 4.79 Å². The van der Waals surface area contributed by atoms with Gasteiger partial charge < -0.3 is 5.32 Å². The molecule has 1 aromatic carbocycles. The third kappa shape index (κ3) is 3.27. The van der Waals surface area contributed by atoms with Gasteiger partial charge in [0.2, 0.25) is 5.91 Å². The number of aromatic nitrogens is 2. The number of rotatable bonds is 4. The van der Waals surface area contributed by atoms with E-state index in [-0.39, 0.29) is 11.2 Å². The van der Waals surface area contributed by atoms with Crippen LogP contribution in [0.2, 0.25) is 5.02 Å². The molecule has 0 aliphatic rings. The predicted molar refractivity (Wildman–Crippen MR) is 74.0 cm³/mol. The van der Waals surface area contributed by atoms with Gasteiger partial charge in [-0.05, 0) is 19.1 Å². The van der Waals surface area contributed by atoms with Gasteiger partial charge in [0.15, 0.2) is 0 Å². The molecule has 4 nitrogen and oxygen atoms in total. The number of H-pyrrole nitrogens is 1. The van der Waals surface area contributed by atoms with Gasteiger partial charge in [-0.15, -0.1) is 11.8 Å². The molecule has 2 aromatic rings. The monoisotopic (exact) mass is 281 g/mol. The third-order valence-electron chi connectivity index (χ3n) is 2.28. The maximum absolute atomic E-state index is 11.9. The molecule has 0 aliphatic carbocycles. The van der Waals surface area contributed by atoms with E-state index < -0.39 is 0 Å². The van der Waals surface area contributed by atoms with Crippen molar-refractivity contribution in [1.82, 2.24) is 10.2 Å². The van der Waals surface area contributed by atoms with Gasteiger partial charge in [-0.3, -0.25) is 9.89 Å². The van der Waals surface area contributed by atoms with Gasteiger partial charge in [-0.2, -0.15) is 5.10 Å². The summed E-state index contributed by atoms with van der Waals surface area (Å²) in [4.78, 5) is 12.8. The van der Waals surface area contributed by atoms with Crippen LogP contribution in [-0.4, -0.2) is 21.4 Å². The van der Waals surface area contributed by atoms with Crippen LogP contribution >= 0.6 is 23.4 Å². The Morgan fingerprint density at radius 1 is 1.50 bits per heavy atom. The van der Waals surface area contributed by atoms with Crippen LogP contribution in [0.3, 0.4) is 0 Å². The molecule has 94 valence electrons. The number of anilines is 1. The second-order valence-electron chi connectivity index (χ2n) is 3.67. The summed E-state index contributed by atoms with van der Waals surface area (Å²) in [7, 11) is 0. The van der Waals surface area contributed by atoms with Crippen molar-refractivity contribution in [3.8, 4) is 0 Å². The number of nitrogens with zero attached hydrogens (tertiary/aromatic N) is 1. The van der Waals surface area contributed by atoms with Gasteiger partial charge in [0, 0.05) is 11.1 Å². The maximum atomic E-state index is 11.9. The van der Waals surface area contributed by atoms with Crippen LogP contribution < -0.4 is 5.32 Å². The molecule has 0 spiro atoms. The lowest BCUT2D eigenvalue weighted by Crippen LogP contribution is -2.22. The third-order valence-corrected chi connectivity index (χ3v) is 3.89. The standard InChI is InChI=1S/C12H12ClN3OS/c1-8(12(17)16-9-6-14-15-7-9)18-11-5-3-2-4-10(11)13/h2-8H,1H3,(H,14,15)(H,16,17). The highest BCUT2D eigenvalue weighted by atomic mass is 35.5. The molecular formula is C12H12ClN3OS. The maximum Gasteiger partial charge on any atom is 0.237 e. The van der Waals surface area contributed by atoms with Crippen molar-refractivity contribution in [3.63, 3.8) is 0 Å². The van der Waals surface area contributed by atoms with E-state index in [4.69, 9.17) is 11.6 Å². The molecule has 0 bridgehead atoms. The summed E-state index contributed by atoms with van der Waals surface area (Å²) < 4.78 is 0. The number of amides is 1. The number of hydrogen-bond acceptors (Lipinski definition) is 3. The largest absolute Gasteiger partial charge is 0.322 e. The summed E-state index contributed by atoms with van der Waals surface area (Å²) in [5.74, 6) is -0.0821. The first-order valence-corrected chi connectivity index (χ1v) is 6.63. The molecule has 2 N–H and O–H groups in total. The summed E-state index contributed by atoms with van der Waals surface area (Å²) in [6, 6.07) is 7.47. The van der Waals surface area contributed by atoms with Gasteiger partial charge in [-0.25, -0.2) is 0 Å². The Morgan fingerprint density at radius 3 is 2.94 bits per heavy atom. The van der Waals surface area contributed by atoms with Gasteiger partial charge in [0.05, 0.1) is 22.2 Å². The van der Waals surface area contributed by atoms with E-state index in [1.807, 2.05) is 31.2 Å². The number of nitrogens with one attached hydrogen (secondary N) is 2. The van der Waals surface area contributed by atoms with E-state index in [9.17, 15) is 4.79 Å². The minimum absolute atomic E-state index is 0.0821. The molecule has 2 rings (SSSR count). The normalized spacial score (nSPS) is 12.1. The van der Waals surface area contributed by atoms with E-state index in [1.54, 1.807) is 12.4 Å². The van der Waals surface area contributed by atoms with Crippen LogP contribution in [0.1, 0.15) is 6.92 Å². The van der Waals surface area contributed by atoms with Crippen molar-refractivity contribution in [3.05, 3.63) is 41.7 Å². The molecule has 1 aromatic heterocycles. The van der Waals surface area contributed by atoms with E-state index in [1.165, 1.54) is 11.8 Å². The van der Waals surface area contributed by atoms with E-state index in [0.717, 1.165) is 4.90 Å². The first-order valence-electron chi connectivity index (χ1n) is 5.37. The fourth-order valence-corrected chi connectivity index (χ4v) is 2.50. The molecule has 0 saturated carbocycles. The topological polar surface area (TPSA) is 57.8 Å². The summed E-state index contributed by atoms with van der Waals surface area (Å²) >= 11 is 7.47. The van der Waals surface area contributed by atoms with Gasteiger partial charge in [-0.1, -0.05) is 23.7 Å². The fourth-order valence-electron chi connectivity index (χ4n) is 1.35. The summed E-state index contributed by atoms with van der Waals surface area (Å²) in [6.07, 6.45) is 3.19. The Hall–Kier alpha value is -1.46. The average Bonchev–Trinajstić information content (AvgIpc) is 2.84. The molecule has 0 saturated heterocycles. The van der Waals surface area contributed by atoms with Crippen LogP contribution in [0, 0.1) is 0 Å². The number of thioether (sulfide) groups is 1. The average molecular weight is 282 g/mol. The zero-order chi connectivity index (χ0) is 13.0. The molecule has 1 unspecified atom stereocenters. The van der Waals surface area contributed by atoms with Crippen LogP contribution in [0.25, 0.3) is 0 Å². The minimum atomic E-state index is -0.236. The van der Waals surface area contributed by atoms with Crippen LogP contribution in [0.4, 0.5) is 5.69 Å². The van der Waals surface area contributed by atoms with Crippen molar-refractivity contribution in [2.75, 3.05) is 5.32 Å². The van der Waals surface area contributed by atoms with Crippen molar-refractivity contribution in [2.45, 2.75) is 17.1 Å². The molecule has 0 fully saturated rings. The highest BCUT2D eigenvalue weighted by Gasteiger charge is 2.16. The first-order chi connectivity index (χ1) is 8.66. The molecule has 1 amide bonds. The number of carbonyl (C=O) groups excluding carboxylic acids is 1. The number of carbonyl (C=O) groups is 1. The van der Waals surface area contributed by atoms with Crippen molar-refractivity contribution in [1.29, 1.82) is 0 Å². The Kier molecular flexibility index (Phi) is 4.28. The van der Waals surface area contributed by atoms with Gasteiger partial charge >= 0.3 is 0 Å². The van der Waals surface area contributed by atoms with Gasteiger partial charge in [0.25, 0.3) is 0 Å².